The summed E-state index contributed by atoms with van der Waals surface area (Å²) in [6, 6.07) is 7.66. The molecule has 1 amide bonds. The molecule has 1 aromatic carbocycles. The molecule has 0 aliphatic rings. The van der Waals surface area contributed by atoms with Crippen molar-refractivity contribution < 1.29 is 9.53 Å². The number of aryl methyl sites for hydroxylation is 1. The summed E-state index contributed by atoms with van der Waals surface area (Å²) in [5, 5.41) is 7.28. The quantitative estimate of drug-likeness (QED) is 0.441. The van der Waals surface area contributed by atoms with Crippen LogP contribution in [0.2, 0.25) is 0 Å². The van der Waals surface area contributed by atoms with Gasteiger partial charge in [-0.25, -0.2) is 4.98 Å². The molecule has 9 heteroatoms. The molecule has 0 spiro atoms. The third kappa shape index (κ3) is 4.38. The van der Waals surface area contributed by atoms with E-state index in [0.29, 0.717) is 31.5 Å². The highest BCUT2D eigenvalue weighted by Crippen LogP contribution is 2.27. The predicted octanol–water partition coefficient (Wildman–Crippen LogP) is 1.59. The van der Waals surface area contributed by atoms with Gasteiger partial charge in [0, 0.05) is 55.2 Å². The molecule has 0 aliphatic heterocycles. The number of anilines is 3. The second kappa shape index (κ2) is 8.68. The summed E-state index contributed by atoms with van der Waals surface area (Å²) in [4.78, 5) is 20.4. The van der Waals surface area contributed by atoms with E-state index in [4.69, 9.17) is 16.2 Å². The number of amides is 1. The molecule has 1 atom stereocenters. The number of nitrogens with zero attached hydrogens (tertiary/aromatic N) is 3. The number of primary amides is 1. The number of fused-ring (bicyclic) bond motifs is 1. The molecule has 0 saturated heterocycles. The summed E-state index contributed by atoms with van der Waals surface area (Å²) in [5.74, 6) is 0.0711. The zero-order chi connectivity index (χ0) is 20.1. The number of nitrogens with two attached hydrogens (primary N) is 2. The minimum atomic E-state index is -0.609. The Labute approximate surface area is 163 Å². The summed E-state index contributed by atoms with van der Waals surface area (Å²) >= 11 is 0. The van der Waals surface area contributed by atoms with E-state index < -0.39 is 5.91 Å². The van der Waals surface area contributed by atoms with E-state index in [2.05, 4.69) is 20.6 Å². The van der Waals surface area contributed by atoms with Crippen molar-refractivity contribution in [3.8, 4) is 0 Å². The number of ether oxygens (including phenoxy) is 1. The smallest absolute Gasteiger partial charge is 0.254 e. The van der Waals surface area contributed by atoms with Crippen molar-refractivity contribution in [1.29, 1.82) is 0 Å². The summed E-state index contributed by atoms with van der Waals surface area (Å²) in [6.45, 7) is 3.39. The molecule has 6 N–H and O–H groups in total. The fourth-order valence-electron chi connectivity index (χ4n) is 2.83. The van der Waals surface area contributed by atoms with E-state index in [1.807, 2.05) is 49.0 Å². The van der Waals surface area contributed by atoms with Crippen molar-refractivity contribution in [2.75, 3.05) is 30.4 Å². The Kier molecular flexibility index (Phi) is 6.07. The average molecular weight is 383 g/mol. The molecule has 28 heavy (non-hydrogen) atoms. The van der Waals surface area contributed by atoms with Crippen molar-refractivity contribution in [1.82, 2.24) is 14.5 Å². The molecule has 0 unspecified atom stereocenters. The highest BCUT2D eigenvalue weighted by atomic mass is 16.5. The first-order chi connectivity index (χ1) is 13.5. The Balaban J connectivity index is 1.84. The summed E-state index contributed by atoms with van der Waals surface area (Å²) in [5.41, 5.74) is 13.5. The maximum atomic E-state index is 11.8. The van der Waals surface area contributed by atoms with E-state index in [-0.39, 0.29) is 11.6 Å². The Hall–Kier alpha value is -3.17. The van der Waals surface area contributed by atoms with Gasteiger partial charge in [-0.3, -0.25) is 4.79 Å². The van der Waals surface area contributed by atoms with Crippen molar-refractivity contribution in [3.63, 3.8) is 0 Å². The van der Waals surface area contributed by atoms with Gasteiger partial charge in [0.25, 0.3) is 5.91 Å². The molecule has 3 rings (SSSR count). The Morgan fingerprint density at radius 3 is 2.93 bits per heavy atom. The highest BCUT2D eigenvalue weighted by molar-refractivity contribution is 6.00. The van der Waals surface area contributed by atoms with E-state index in [1.54, 1.807) is 0 Å². The largest absolute Gasteiger partial charge is 0.380 e. The Morgan fingerprint density at radius 2 is 2.18 bits per heavy atom. The van der Waals surface area contributed by atoms with Crippen LogP contribution in [-0.2, 0) is 11.8 Å². The van der Waals surface area contributed by atoms with Crippen LogP contribution in [0.25, 0.3) is 10.9 Å². The minimum Gasteiger partial charge on any atom is -0.380 e. The lowest BCUT2D eigenvalue weighted by molar-refractivity contribution is 0.100. The van der Waals surface area contributed by atoms with Crippen LogP contribution < -0.4 is 22.1 Å². The normalized spacial score (nSPS) is 12.1. The molecule has 2 aromatic heterocycles. The van der Waals surface area contributed by atoms with Crippen LogP contribution in [0.1, 0.15) is 17.3 Å². The zero-order valence-corrected chi connectivity index (χ0v) is 16.0. The molecule has 148 valence electrons. The van der Waals surface area contributed by atoms with Crippen molar-refractivity contribution >= 4 is 34.3 Å². The fraction of sp³-hybridized carbons (Fsp3) is 0.316. The monoisotopic (exact) mass is 383 g/mol. The second-order valence-corrected chi connectivity index (χ2v) is 6.41. The van der Waals surface area contributed by atoms with Crippen LogP contribution in [0.4, 0.5) is 17.5 Å². The van der Waals surface area contributed by atoms with Gasteiger partial charge in [-0.2, -0.15) is 4.98 Å². The number of hydrogen-bond donors (Lipinski definition) is 4. The van der Waals surface area contributed by atoms with Gasteiger partial charge in [0.1, 0.15) is 11.4 Å². The molecule has 2 heterocycles. The lowest BCUT2D eigenvalue weighted by atomic mass is 10.2. The molecular formula is C19H25N7O2. The number of rotatable bonds is 9. The lowest BCUT2D eigenvalue weighted by Crippen LogP contribution is -2.34. The maximum absolute atomic E-state index is 11.8. The number of benzene rings is 1. The van der Waals surface area contributed by atoms with Gasteiger partial charge in [0.15, 0.2) is 0 Å². The van der Waals surface area contributed by atoms with Gasteiger partial charge in [-0.1, -0.05) is 6.07 Å². The maximum Gasteiger partial charge on any atom is 0.254 e. The fourth-order valence-corrected chi connectivity index (χ4v) is 2.83. The van der Waals surface area contributed by atoms with Crippen LogP contribution in [0.5, 0.6) is 0 Å². The summed E-state index contributed by atoms with van der Waals surface area (Å²) in [6.07, 6.45) is 3.37. The van der Waals surface area contributed by atoms with Gasteiger partial charge < -0.3 is 31.4 Å². The molecule has 0 radical (unpaired) electrons. The number of nitrogens with one attached hydrogen (secondary N) is 2. The summed E-state index contributed by atoms with van der Waals surface area (Å²) < 4.78 is 7.31. The van der Waals surface area contributed by atoms with Crippen molar-refractivity contribution in [2.24, 2.45) is 18.5 Å². The van der Waals surface area contributed by atoms with E-state index in [1.165, 1.54) is 6.20 Å². The van der Waals surface area contributed by atoms with Crippen molar-refractivity contribution in [2.45, 2.75) is 13.0 Å². The summed E-state index contributed by atoms with van der Waals surface area (Å²) in [7, 11) is 1.97. The zero-order valence-electron chi connectivity index (χ0n) is 16.0. The Morgan fingerprint density at radius 1 is 1.36 bits per heavy atom. The molecule has 0 bridgehead atoms. The third-order valence-electron chi connectivity index (χ3n) is 4.29. The van der Waals surface area contributed by atoms with Gasteiger partial charge in [-0.05, 0) is 25.1 Å². The number of carbonyl (C=O) groups excluding carboxylic acids is 1. The number of carbonyl (C=O) groups is 1. The standard InChI is InChI=1S/C19H25N7O2/c1-3-28-11-12(20)9-22-19-23-10-14(17(21)27)18(25-19)24-15-5-4-6-16-13(15)7-8-26(16)2/h4-8,10,12H,3,9,11,20H2,1-2H3,(H2,21,27)(H2,22,23,24,25)/t12-/m1/s1. The second-order valence-electron chi connectivity index (χ2n) is 6.41. The van der Waals surface area contributed by atoms with Crippen LogP contribution in [0, 0.1) is 0 Å². The number of aromatic nitrogens is 3. The first-order valence-electron chi connectivity index (χ1n) is 9.04. The van der Waals surface area contributed by atoms with Crippen LogP contribution in [0.3, 0.4) is 0 Å². The molecule has 0 fully saturated rings. The van der Waals surface area contributed by atoms with Crippen molar-refractivity contribution in [3.05, 3.63) is 42.2 Å². The Bertz CT molecular complexity index is 970. The van der Waals surface area contributed by atoms with Gasteiger partial charge in [-0.15, -0.1) is 0 Å². The average Bonchev–Trinajstić information content (AvgIpc) is 3.07. The van der Waals surface area contributed by atoms with E-state index in [9.17, 15) is 4.79 Å². The molecular weight excluding hydrogens is 358 g/mol. The topological polar surface area (TPSA) is 133 Å². The van der Waals surface area contributed by atoms with E-state index in [0.717, 1.165) is 16.6 Å². The molecule has 0 saturated carbocycles. The molecule has 3 aromatic rings. The lowest BCUT2D eigenvalue weighted by Gasteiger charge is -2.15. The van der Waals surface area contributed by atoms with Gasteiger partial charge >= 0.3 is 0 Å². The van der Waals surface area contributed by atoms with Gasteiger partial charge in [0.2, 0.25) is 5.95 Å². The predicted molar refractivity (Wildman–Crippen MR) is 110 cm³/mol. The van der Waals surface area contributed by atoms with Gasteiger partial charge in [0.05, 0.1) is 6.61 Å². The van der Waals surface area contributed by atoms with Crippen LogP contribution in [0.15, 0.2) is 36.7 Å². The van der Waals surface area contributed by atoms with Crippen LogP contribution in [-0.4, -0.2) is 46.2 Å². The first kappa shape index (κ1) is 19.6. The minimum absolute atomic E-state index is 0.200. The highest BCUT2D eigenvalue weighted by Gasteiger charge is 2.14. The van der Waals surface area contributed by atoms with Crippen LogP contribution >= 0.6 is 0 Å². The molecule has 0 aliphatic carbocycles. The third-order valence-corrected chi connectivity index (χ3v) is 4.29. The SMILES string of the molecule is CCOC[C@H](N)CNc1ncc(C(N)=O)c(Nc2cccc3c2ccn3C)n1. The molecule has 9 nitrogen and oxygen atoms in total. The van der Waals surface area contributed by atoms with E-state index >= 15 is 0 Å². The number of hydrogen-bond acceptors (Lipinski definition) is 7. The first-order valence-corrected chi connectivity index (χ1v) is 9.04.